The topological polar surface area (TPSA) is 64.1 Å². The Hall–Kier alpha value is -2.93. The van der Waals surface area contributed by atoms with Gasteiger partial charge in [-0.2, -0.15) is 0 Å². The lowest BCUT2D eigenvalue weighted by Gasteiger charge is -2.15. The van der Waals surface area contributed by atoms with Crippen molar-refractivity contribution in [3.63, 3.8) is 0 Å². The smallest absolute Gasteiger partial charge is 0.271 e. The Morgan fingerprint density at radius 1 is 1.18 bits per heavy atom. The van der Waals surface area contributed by atoms with Gasteiger partial charge in [-0.25, -0.2) is 4.39 Å². The van der Waals surface area contributed by atoms with Crippen LogP contribution in [-0.4, -0.2) is 16.1 Å². The van der Waals surface area contributed by atoms with Crippen molar-refractivity contribution in [2.45, 2.75) is 25.8 Å². The molecule has 7 heteroatoms. The van der Waals surface area contributed by atoms with Gasteiger partial charge in [0, 0.05) is 22.6 Å². The molecular weight excluding hydrogens is 379 g/mol. The summed E-state index contributed by atoms with van der Waals surface area (Å²) in [6.07, 6.45) is 1.94. The monoisotopic (exact) mass is 396 g/mol. The number of aryl methyl sites for hydroxylation is 1. The average Bonchev–Trinajstić information content (AvgIpc) is 3.44. The fourth-order valence-electron chi connectivity index (χ4n) is 3.77. The molecule has 0 bridgehead atoms. The van der Waals surface area contributed by atoms with Crippen molar-refractivity contribution >= 4 is 32.7 Å². The van der Waals surface area contributed by atoms with E-state index in [-0.39, 0.29) is 16.8 Å². The molecule has 1 N–H and O–H groups in total. The number of pyridine rings is 1. The summed E-state index contributed by atoms with van der Waals surface area (Å²) in [4.78, 5) is 25.7. The third kappa shape index (κ3) is 2.43. The lowest BCUT2D eigenvalue weighted by Crippen LogP contribution is -2.15. The summed E-state index contributed by atoms with van der Waals surface area (Å²) in [6, 6.07) is 8.76. The molecule has 1 saturated carbocycles. The van der Waals surface area contributed by atoms with Crippen LogP contribution in [0.15, 0.2) is 39.9 Å². The zero-order chi connectivity index (χ0) is 19.6. The predicted molar refractivity (Wildman–Crippen MR) is 109 cm³/mol. The summed E-state index contributed by atoms with van der Waals surface area (Å²) in [7, 11) is 1.55. The second-order valence-electron chi connectivity index (χ2n) is 7.20. The molecule has 0 amide bonds. The lowest BCUT2D eigenvalue weighted by molar-refractivity contribution is 0.416. The number of methoxy groups -OCH3 is 1. The molecule has 4 aromatic rings. The van der Waals surface area contributed by atoms with Gasteiger partial charge in [-0.15, -0.1) is 0 Å². The number of aromatic amines is 1. The molecule has 2 heterocycles. The van der Waals surface area contributed by atoms with Crippen molar-refractivity contribution < 1.29 is 9.13 Å². The standard InChI is InChI=1S/C21H17FN2O3S/c1-10-3-6-12(17(7-10)27-2)13-9-16-14(8-15(13)22)19(25)18-20(26)23-28-21(18)24(16)11-4-5-11/h3,6-9,11H,4-5H2,1-2H3,(H,23,26). The highest BCUT2D eigenvalue weighted by Gasteiger charge is 2.29. The van der Waals surface area contributed by atoms with Crippen molar-refractivity contribution in [3.05, 3.63) is 62.3 Å². The van der Waals surface area contributed by atoms with Gasteiger partial charge in [0.15, 0.2) is 0 Å². The Morgan fingerprint density at radius 2 is 1.96 bits per heavy atom. The minimum atomic E-state index is -0.514. The van der Waals surface area contributed by atoms with Crippen LogP contribution in [0.25, 0.3) is 32.2 Å². The highest BCUT2D eigenvalue weighted by Crippen LogP contribution is 2.41. The maximum absolute atomic E-state index is 15.1. The first-order chi connectivity index (χ1) is 13.5. The molecule has 2 aromatic heterocycles. The fourth-order valence-corrected chi connectivity index (χ4v) is 4.70. The summed E-state index contributed by atoms with van der Waals surface area (Å²) in [5, 5.41) is 0.347. The van der Waals surface area contributed by atoms with Gasteiger partial charge in [0.25, 0.3) is 5.56 Å². The van der Waals surface area contributed by atoms with Gasteiger partial charge in [-0.1, -0.05) is 12.1 Å². The first-order valence-electron chi connectivity index (χ1n) is 9.03. The molecule has 5 rings (SSSR count). The van der Waals surface area contributed by atoms with E-state index in [1.165, 1.54) is 6.07 Å². The molecule has 142 valence electrons. The maximum Gasteiger partial charge on any atom is 0.271 e. The number of halogens is 1. The van der Waals surface area contributed by atoms with Crippen LogP contribution < -0.4 is 15.7 Å². The normalized spacial score (nSPS) is 14.1. The second-order valence-corrected chi connectivity index (χ2v) is 7.99. The Balaban J connectivity index is 1.91. The molecule has 0 radical (unpaired) electrons. The first-order valence-corrected chi connectivity index (χ1v) is 9.85. The third-order valence-corrected chi connectivity index (χ3v) is 6.16. The van der Waals surface area contributed by atoms with Gasteiger partial charge in [0.05, 0.1) is 12.6 Å². The highest BCUT2D eigenvalue weighted by molar-refractivity contribution is 7.12. The van der Waals surface area contributed by atoms with Crippen LogP contribution in [0.3, 0.4) is 0 Å². The Morgan fingerprint density at radius 3 is 2.68 bits per heavy atom. The van der Waals surface area contributed by atoms with E-state index in [2.05, 4.69) is 4.37 Å². The SMILES string of the molecule is COc1cc(C)ccc1-c1cc2c(cc1F)c(=O)c1c(=O)[nH]sc1n2C1CC1. The molecule has 0 unspecified atom stereocenters. The number of nitrogens with one attached hydrogen (secondary N) is 1. The predicted octanol–water partition coefficient (Wildman–Crippen LogP) is 4.36. The van der Waals surface area contributed by atoms with Crippen LogP contribution in [0.4, 0.5) is 4.39 Å². The molecule has 0 atom stereocenters. The first kappa shape index (κ1) is 17.2. The van der Waals surface area contributed by atoms with E-state index in [0.717, 1.165) is 29.9 Å². The molecule has 0 saturated heterocycles. The van der Waals surface area contributed by atoms with Gasteiger partial charge in [0.2, 0.25) is 5.43 Å². The number of fused-ring (bicyclic) bond motifs is 2. The molecule has 1 fully saturated rings. The molecule has 0 aliphatic heterocycles. The molecule has 1 aliphatic carbocycles. The summed E-state index contributed by atoms with van der Waals surface area (Å²) in [6.45, 7) is 1.94. The van der Waals surface area contributed by atoms with Gasteiger partial charge < -0.3 is 9.30 Å². The van der Waals surface area contributed by atoms with E-state index in [1.54, 1.807) is 13.2 Å². The van der Waals surface area contributed by atoms with Crippen LogP contribution in [0.2, 0.25) is 0 Å². The maximum atomic E-state index is 15.1. The summed E-state index contributed by atoms with van der Waals surface area (Å²) >= 11 is 1.16. The quantitative estimate of drug-likeness (QED) is 0.560. The van der Waals surface area contributed by atoms with E-state index in [9.17, 15) is 9.59 Å². The number of H-pyrrole nitrogens is 1. The zero-order valence-electron chi connectivity index (χ0n) is 15.3. The highest BCUT2D eigenvalue weighted by atomic mass is 32.1. The van der Waals surface area contributed by atoms with E-state index in [4.69, 9.17) is 4.74 Å². The van der Waals surface area contributed by atoms with Crippen LogP contribution in [0.1, 0.15) is 24.4 Å². The van der Waals surface area contributed by atoms with Crippen molar-refractivity contribution in [1.29, 1.82) is 0 Å². The van der Waals surface area contributed by atoms with Crippen molar-refractivity contribution in [2.75, 3.05) is 7.11 Å². The minimum absolute atomic E-state index is 0.115. The number of nitrogens with zero attached hydrogens (tertiary/aromatic N) is 1. The number of ether oxygens (including phenoxy) is 1. The van der Waals surface area contributed by atoms with Crippen LogP contribution in [0.5, 0.6) is 5.75 Å². The fraction of sp³-hybridized carbons (Fsp3) is 0.238. The number of aromatic nitrogens is 2. The Labute approximate surface area is 163 Å². The third-order valence-electron chi connectivity index (χ3n) is 5.28. The largest absolute Gasteiger partial charge is 0.496 e. The molecule has 28 heavy (non-hydrogen) atoms. The van der Waals surface area contributed by atoms with Crippen LogP contribution in [0, 0.1) is 12.7 Å². The second kappa shape index (κ2) is 6.04. The summed E-state index contributed by atoms with van der Waals surface area (Å²) in [5.74, 6) is 0.0612. The number of rotatable bonds is 3. The number of hydrogen-bond donors (Lipinski definition) is 1. The zero-order valence-corrected chi connectivity index (χ0v) is 16.2. The number of benzene rings is 2. The van der Waals surface area contributed by atoms with Crippen LogP contribution >= 0.6 is 11.5 Å². The van der Waals surface area contributed by atoms with E-state index in [0.29, 0.717) is 27.2 Å². The molecule has 0 spiro atoms. The van der Waals surface area contributed by atoms with Crippen molar-refractivity contribution in [3.8, 4) is 16.9 Å². The minimum Gasteiger partial charge on any atom is -0.496 e. The van der Waals surface area contributed by atoms with Crippen molar-refractivity contribution in [2.24, 2.45) is 0 Å². The van der Waals surface area contributed by atoms with E-state index >= 15 is 4.39 Å². The van der Waals surface area contributed by atoms with Gasteiger partial charge >= 0.3 is 0 Å². The molecular formula is C21H17FN2O3S. The Bertz CT molecular complexity index is 1380. The number of hydrogen-bond acceptors (Lipinski definition) is 4. The van der Waals surface area contributed by atoms with E-state index in [1.807, 2.05) is 29.7 Å². The van der Waals surface area contributed by atoms with Gasteiger partial charge in [0.1, 0.15) is 21.8 Å². The summed E-state index contributed by atoms with van der Waals surface area (Å²) in [5.41, 5.74) is 1.83. The van der Waals surface area contributed by atoms with Gasteiger partial charge in [-0.3, -0.25) is 14.0 Å². The van der Waals surface area contributed by atoms with Gasteiger partial charge in [-0.05, 0) is 55.1 Å². The molecule has 5 nitrogen and oxygen atoms in total. The van der Waals surface area contributed by atoms with E-state index < -0.39 is 16.8 Å². The molecule has 1 aliphatic rings. The van der Waals surface area contributed by atoms with Crippen molar-refractivity contribution in [1.82, 2.24) is 8.94 Å². The Kier molecular flexibility index (Phi) is 3.71. The average molecular weight is 396 g/mol. The van der Waals surface area contributed by atoms with Crippen LogP contribution in [-0.2, 0) is 0 Å². The lowest BCUT2D eigenvalue weighted by atomic mass is 10.00. The molecule has 2 aromatic carbocycles. The summed E-state index contributed by atoms with van der Waals surface area (Å²) < 4.78 is 25.2.